The summed E-state index contributed by atoms with van der Waals surface area (Å²) in [6.07, 6.45) is 11.2. The van der Waals surface area contributed by atoms with Crippen LogP contribution < -0.4 is 9.47 Å². The maximum absolute atomic E-state index is 5.94. The molecule has 0 spiro atoms. The fourth-order valence-electron chi connectivity index (χ4n) is 2.34. The third kappa shape index (κ3) is 1.74. The van der Waals surface area contributed by atoms with Gasteiger partial charge in [0.25, 0.3) is 0 Å². The third-order valence-electron chi connectivity index (χ3n) is 3.35. The van der Waals surface area contributed by atoms with E-state index >= 15 is 0 Å². The van der Waals surface area contributed by atoms with Crippen LogP contribution in [0.1, 0.15) is 12.0 Å². The maximum Gasteiger partial charge on any atom is 0.231 e. The topological polar surface area (TPSA) is 27.7 Å². The third-order valence-corrected chi connectivity index (χ3v) is 3.35. The van der Waals surface area contributed by atoms with Gasteiger partial charge in [0.2, 0.25) is 6.79 Å². The molecule has 1 aliphatic carbocycles. The second kappa shape index (κ2) is 4.05. The average molecular weight is 252 g/mol. The Morgan fingerprint density at radius 1 is 0.895 bits per heavy atom. The highest BCUT2D eigenvalue weighted by Gasteiger charge is 2.19. The lowest BCUT2D eigenvalue weighted by Crippen LogP contribution is -2.02. The van der Waals surface area contributed by atoms with Crippen molar-refractivity contribution in [2.75, 3.05) is 6.79 Å². The predicted molar refractivity (Wildman–Crippen MR) is 71.6 cm³/mol. The molecule has 0 saturated heterocycles. The first-order valence-corrected chi connectivity index (χ1v) is 6.26. The van der Waals surface area contributed by atoms with E-state index in [9.17, 15) is 0 Å². The van der Waals surface area contributed by atoms with Gasteiger partial charge >= 0.3 is 0 Å². The molecule has 4 rings (SSSR count). The van der Waals surface area contributed by atoms with Crippen LogP contribution in [-0.2, 0) is 4.74 Å². The Hall–Kier alpha value is -2.42. The molecular weight excluding hydrogens is 240 g/mol. The van der Waals surface area contributed by atoms with Crippen molar-refractivity contribution in [3.05, 3.63) is 65.5 Å². The largest absolute Gasteiger partial charge is 0.456 e. The second-order valence-corrected chi connectivity index (χ2v) is 4.56. The Kier molecular flexibility index (Phi) is 2.24. The van der Waals surface area contributed by atoms with Crippen molar-refractivity contribution in [1.29, 1.82) is 0 Å². The molecule has 0 unspecified atom stereocenters. The molecule has 3 heteroatoms. The van der Waals surface area contributed by atoms with Crippen LogP contribution in [0.2, 0.25) is 0 Å². The van der Waals surface area contributed by atoms with Gasteiger partial charge < -0.3 is 14.2 Å². The molecule has 0 N–H and O–H groups in total. The van der Waals surface area contributed by atoms with Crippen LogP contribution in [0.4, 0.5) is 0 Å². The summed E-state index contributed by atoms with van der Waals surface area (Å²) >= 11 is 0. The van der Waals surface area contributed by atoms with E-state index < -0.39 is 0 Å². The first-order valence-electron chi connectivity index (χ1n) is 6.26. The Morgan fingerprint density at radius 3 is 2.84 bits per heavy atom. The van der Waals surface area contributed by atoms with E-state index in [0.717, 1.165) is 35.0 Å². The summed E-state index contributed by atoms with van der Waals surface area (Å²) in [7, 11) is 0. The van der Waals surface area contributed by atoms with Gasteiger partial charge in [-0.05, 0) is 42.3 Å². The van der Waals surface area contributed by atoms with Crippen LogP contribution in [0.25, 0.3) is 5.76 Å². The van der Waals surface area contributed by atoms with E-state index in [1.165, 1.54) is 5.57 Å². The van der Waals surface area contributed by atoms with Gasteiger partial charge in [0.15, 0.2) is 11.5 Å². The highest BCUT2D eigenvalue weighted by atomic mass is 16.7. The van der Waals surface area contributed by atoms with Gasteiger partial charge in [-0.2, -0.15) is 0 Å². The van der Waals surface area contributed by atoms with Crippen molar-refractivity contribution in [2.45, 2.75) is 6.42 Å². The van der Waals surface area contributed by atoms with E-state index in [4.69, 9.17) is 14.2 Å². The van der Waals surface area contributed by atoms with Crippen molar-refractivity contribution in [3.63, 3.8) is 0 Å². The molecule has 1 aromatic carbocycles. The molecule has 3 nitrogen and oxygen atoms in total. The maximum atomic E-state index is 5.94. The van der Waals surface area contributed by atoms with E-state index in [-0.39, 0.29) is 0 Å². The summed E-state index contributed by atoms with van der Waals surface area (Å²) in [6, 6.07) is 5.85. The second-order valence-electron chi connectivity index (χ2n) is 4.56. The summed E-state index contributed by atoms with van der Waals surface area (Å²) in [5.41, 5.74) is 2.21. The SMILES string of the molecule is C1=CCC2=CC=C(c3ccc4c(c3)OCO4)OC2=C1. The predicted octanol–water partition coefficient (Wildman–Crippen LogP) is 3.56. The minimum absolute atomic E-state index is 0.290. The quantitative estimate of drug-likeness (QED) is 0.765. The van der Waals surface area contributed by atoms with E-state index in [2.05, 4.69) is 12.2 Å². The molecule has 2 heterocycles. The standard InChI is InChI=1S/C16H12O3/c1-2-4-13-11(3-1)5-7-14(19-13)12-6-8-15-16(9-12)18-10-17-15/h1-2,4-9H,3,10H2. The van der Waals surface area contributed by atoms with Gasteiger partial charge in [-0.15, -0.1) is 0 Å². The molecular formula is C16H12O3. The van der Waals surface area contributed by atoms with Crippen LogP contribution in [0.3, 0.4) is 0 Å². The van der Waals surface area contributed by atoms with Crippen molar-refractivity contribution in [2.24, 2.45) is 0 Å². The monoisotopic (exact) mass is 252 g/mol. The molecule has 0 radical (unpaired) electrons. The number of rotatable bonds is 1. The number of allylic oxidation sites excluding steroid dienone is 6. The van der Waals surface area contributed by atoms with E-state index in [1.54, 1.807) is 0 Å². The molecule has 0 bridgehead atoms. The van der Waals surface area contributed by atoms with Gasteiger partial charge in [0.05, 0.1) is 0 Å². The minimum Gasteiger partial charge on any atom is -0.456 e. The van der Waals surface area contributed by atoms with Gasteiger partial charge in [-0.1, -0.05) is 18.2 Å². The summed E-state index contributed by atoms with van der Waals surface area (Å²) in [4.78, 5) is 0. The van der Waals surface area contributed by atoms with Crippen LogP contribution in [0.5, 0.6) is 11.5 Å². The Labute approximate surface area is 111 Å². The van der Waals surface area contributed by atoms with Crippen molar-refractivity contribution >= 4 is 5.76 Å². The number of hydrogen-bond acceptors (Lipinski definition) is 3. The summed E-state index contributed by atoms with van der Waals surface area (Å²) in [6.45, 7) is 0.290. The molecule has 2 aliphatic heterocycles. The summed E-state index contributed by atoms with van der Waals surface area (Å²) in [5.74, 6) is 3.33. The Balaban J connectivity index is 1.70. The molecule has 19 heavy (non-hydrogen) atoms. The number of fused-ring (bicyclic) bond motifs is 2. The number of ether oxygens (including phenoxy) is 3. The van der Waals surface area contributed by atoms with Crippen molar-refractivity contribution < 1.29 is 14.2 Å². The van der Waals surface area contributed by atoms with E-state index in [0.29, 0.717) is 6.79 Å². The Morgan fingerprint density at radius 2 is 1.84 bits per heavy atom. The molecule has 0 atom stereocenters. The normalized spacial score (nSPS) is 19.1. The van der Waals surface area contributed by atoms with Gasteiger partial charge in [0, 0.05) is 5.56 Å². The molecule has 3 aliphatic rings. The lowest BCUT2D eigenvalue weighted by Gasteiger charge is -2.20. The molecule has 1 aromatic rings. The highest BCUT2D eigenvalue weighted by Crippen LogP contribution is 2.37. The molecule has 0 fully saturated rings. The Bertz CT molecular complexity index is 663. The zero-order valence-corrected chi connectivity index (χ0v) is 10.3. The lowest BCUT2D eigenvalue weighted by atomic mass is 10.0. The lowest BCUT2D eigenvalue weighted by molar-refractivity contribution is 0.174. The van der Waals surface area contributed by atoms with Crippen LogP contribution >= 0.6 is 0 Å². The molecule has 0 amide bonds. The van der Waals surface area contributed by atoms with E-state index in [1.807, 2.05) is 36.4 Å². The first kappa shape index (κ1) is 10.5. The first-order chi connectivity index (χ1) is 9.40. The fraction of sp³-hybridized carbons (Fsp3) is 0.125. The average Bonchev–Trinajstić information content (AvgIpc) is 2.94. The van der Waals surface area contributed by atoms with Gasteiger partial charge in [-0.3, -0.25) is 0 Å². The number of benzene rings is 1. The van der Waals surface area contributed by atoms with Gasteiger partial charge in [-0.25, -0.2) is 0 Å². The smallest absolute Gasteiger partial charge is 0.231 e. The molecule has 0 aromatic heterocycles. The van der Waals surface area contributed by atoms with Crippen molar-refractivity contribution in [3.8, 4) is 11.5 Å². The minimum atomic E-state index is 0.290. The molecule has 94 valence electrons. The molecule has 0 saturated carbocycles. The van der Waals surface area contributed by atoms with Crippen molar-refractivity contribution in [1.82, 2.24) is 0 Å². The zero-order valence-electron chi connectivity index (χ0n) is 10.3. The summed E-state index contributed by atoms with van der Waals surface area (Å²) in [5, 5.41) is 0. The van der Waals surface area contributed by atoms with Crippen LogP contribution in [-0.4, -0.2) is 6.79 Å². The zero-order chi connectivity index (χ0) is 12.7. The summed E-state index contributed by atoms with van der Waals surface area (Å²) < 4.78 is 16.6. The van der Waals surface area contributed by atoms with Gasteiger partial charge in [0.1, 0.15) is 11.5 Å². The van der Waals surface area contributed by atoms with Crippen LogP contribution in [0, 0.1) is 0 Å². The van der Waals surface area contributed by atoms with Crippen LogP contribution in [0.15, 0.2) is 59.9 Å². The highest BCUT2D eigenvalue weighted by molar-refractivity contribution is 5.68. The fourth-order valence-corrected chi connectivity index (χ4v) is 2.34. The number of hydrogen-bond donors (Lipinski definition) is 0.